The van der Waals surface area contributed by atoms with Crippen LogP contribution in [0.25, 0.3) is 12.2 Å². The lowest BCUT2D eigenvalue weighted by Gasteiger charge is -2.45. The number of hydrogen-bond donors (Lipinski definition) is 0. The van der Waals surface area contributed by atoms with E-state index in [1.54, 1.807) is 53.2 Å². The number of anilines is 1. The minimum Gasteiger partial charge on any atom is -0.493 e. The molecule has 1 aromatic heterocycles. The average molecular weight is 597 g/mol. The van der Waals surface area contributed by atoms with Gasteiger partial charge >= 0.3 is 0 Å². The van der Waals surface area contributed by atoms with Crippen molar-refractivity contribution >= 4 is 29.5 Å². The van der Waals surface area contributed by atoms with Crippen LogP contribution in [-0.4, -0.2) is 39.8 Å². The standard InChI is InChI=1S/C37H32N4O4/c1-26-13-18-31(19-14-26)41-32(20-15-27-9-5-3-6-10-27)36(37(41)43)40-24-30(38-39-40)25-45-34-22-17-28(23-35(34)44-2)16-21-33(42)29-11-7-4-8-12-29/h3-24,32,36H,25H2,1-2H3/b20-15+,21-16+. The molecule has 45 heavy (non-hydrogen) atoms. The SMILES string of the molecule is COc1cc(/C=C/C(=O)c2ccccc2)ccc1OCc1cn(C2C(=O)N(c3ccc(C)cc3)C2/C=C/c2ccccc2)nn1. The molecule has 5 aromatic rings. The predicted octanol–water partition coefficient (Wildman–Crippen LogP) is 6.74. The second kappa shape index (κ2) is 13.3. The first kappa shape index (κ1) is 29.3. The number of hydrogen-bond acceptors (Lipinski definition) is 6. The third-order valence-electron chi connectivity index (χ3n) is 7.60. The van der Waals surface area contributed by atoms with Gasteiger partial charge in [-0.05, 0) is 48.4 Å². The molecule has 2 unspecified atom stereocenters. The van der Waals surface area contributed by atoms with Crippen LogP contribution in [0.4, 0.5) is 5.69 Å². The Hall–Kier alpha value is -5.76. The first-order valence-corrected chi connectivity index (χ1v) is 14.6. The fourth-order valence-electron chi connectivity index (χ4n) is 5.18. The van der Waals surface area contributed by atoms with Crippen molar-refractivity contribution in [2.45, 2.75) is 25.6 Å². The van der Waals surface area contributed by atoms with Gasteiger partial charge in [-0.2, -0.15) is 0 Å². The van der Waals surface area contributed by atoms with Gasteiger partial charge in [0.25, 0.3) is 5.91 Å². The number of ketones is 1. The summed E-state index contributed by atoms with van der Waals surface area (Å²) in [5, 5.41) is 8.59. The zero-order valence-electron chi connectivity index (χ0n) is 25.0. The third kappa shape index (κ3) is 6.60. The van der Waals surface area contributed by atoms with E-state index >= 15 is 0 Å². The molecule has 1 saturated heterocycles. The number of allylic oxidation sites excluding steroid dienone is 1. The van der Waals surface area contributed by atoms with Crippen molar-refractivity contribution in [3.63, 3.8) is 0 Å². The van der Waals surface area contributed by atoms with Gasteiger partial charge < -0.3 is 14.4 Å². The molecule has 0 radical (unpaired) electrons. The molecular formula is C37H32N4O4. The minimum atomic E-state index is -0.535. The first-order chi connectivity index (χ1) is 22.0. The average Bonchev–Trinajstić information content (AvgIpc) is 3.54. The van der Waals surface area contributed by atoms with E-state index in [-0.39, 0.29) is 24.3 Å². The van der Waals surface area contributed by atoms with Gasteiger partial charge in [0, 0.05) is 11.3 Å². The van der Waals surface area contributed by atoms with Crippen LogP contribution < -0.4 is 14.4 Å². The van der Waals surface area contributed by atoms with Crippen LogP contribution in [0.15, 0.2) is 121 Å². The Morgan fingerprint density at radius 2 is 1.60 bits per heavy atom. The van der Waals surface area contributed by atoms with Crippen LogP contribution in [0, 0.1) is 6.92 Å². The lowest BCUT2D eigenvalue weighted by Crippen LogP contribution is -2.61. The summed E-state index contributed by atoms with van der Waals surface area (Å²) in [6.45, 7) is 2.15. The molecule has 1 fully saturated rings. The maximum atomic E-state index is 13.5. The molecule has 0 saturated carbocycles. The maximum Gasteiger partial charge on any atom is 0.255 e. The molecule has 2 heterocycles. The number of amides is 1. The van der Waals surface area contributed by atoms with Crippen molar-refractivity contribution in [3.05, 3.63) is 149 Å². The Labute approximate surface area is 261 Å². The highest BCUT2D eigenvalue weighted by atomic mass is 16.5. The topological polar surface area (TPSA) is 86.5 Å². The molecule has 2 atom stereocenters. The number of aromatic nitrogens is 3. The van der Waals surface area contributed by atoms with E-state index < -0.39 is 6.04 Å². The Bertz CT molecular complexity index is 1850. The van der Waals surface area contributed by atoms with Crippen LogP contribution in [0.1, 0.15) is 38.8 Å². The summed E-state index contributed by atoms with van der Waals surface area (Å²) < 4.78 is 13.2. The smallest absolute Gasteiger partial charge is 0.255 e. The van der Waals surface area contributed by atoms with Crippen LogP contribution in [0.3, 0.4) is 0 Å². The summed E-state index contributed by atoms with van der Waals surface area (Å²) >= 11 is 0. The van der Waals surface area contributed by atoms with E-state index in [0.29, 0.717) is 22.8 Å². The molecule has 6 rings (SSSR count). The van der Waals surface area contributed by atoms with Crippen molar-refractivity contribution in [2.75, 3.05) is 12.0 Å². The van der Waals surface area contributed by atoms with Crippen molar-refractivity contribution in [1.82, 2.24) is 15.0 Å². The van der Waals surface area contributed by atoms with Crippen molar-refractivity contribution in [2.24, 2.45) is 0 Å². The van der Waals surface area contributed by atoms with E-state index in [9.17, 15) is 9.59 Å². The molecular weight excluding hydrogens is 564 g/mol. The van der Waals surface area contributed by atoms with Gasteiger partial charge in [-0.25, -0.2) is 4.68 Å². The van der Waals surface area contributed by atoms with Crippen LogP contribution in [0.5, 0.6) is 11.5 Å². The van der Waals surface area contributed by atoms with Gasteiger partial charge in [0.05, 0.1) is 19.3 Å². The highest BCUT2D eigenvalue weighted by Crippen LogP contribution is 2.37. The molecule has 0 N–H and O–H groups in total. The summed E-state index contributed by atoms with van der Waals surface area (Å²) in [6, 6.07) is 31.7. The second-order valence-corrected chi connectivity index (χ2v) is 10.7. The number of carbonyl (C=O) groups excluding carboxylic acids is 2. The molecule has 0 aliphatic carbocycles. The number of ether oxygens (including phenoxy) is 2. The van der Waals surface area contributed by atoms with Gasteiger partial charge in [-0.15, -0.1) is 5.10 Å². The van der Waals surface area contributed by atoms with Gasteiger partial charge in [0.15, 0.2) is 23.3 Å². The van der Waals surface area contributed by atoms with E-state index in [0.717, 1.165) is 22.4 Å². The summed E-state index contributed by atoms with van der Waals surface area (Å²) in [7, 11) is 1.56. The van der Waals surface area contributed by atoms with E-state index in [1.807, 2.05) is 97.9 Å². The zero-order valence-corrected chi connectivity index (χ0v) is 25.0. The van der Waals surface area contributed by atoms with Gasteiger partial charge in [-0.1, -0.05) is 108 Å². The lowest BCUT2D eigenvalue weighted by atomic mass is 9.92. The Morgan fingerprint density at radius 1 is 0.867 bits per heavy atom. The number of β-lactam (4-membered cyclic amide) rings is 1. The van der Waals surface area contributed by atoms with Crippen LogP contribution >= 0.6 is 0 Å². The summed E-state index contributed by atoms with van der Waals surface area (Å²) in [5.41, 5.74) is 5.00. The lowest BCUT2D eigenvalue weighted by molar-refractivity contribution is -0.128. The van der Waals surface area contributed by atoms with Gasteiger partial charge in [-0.3, -0.25) is 9.59 Å². The molecule has 8 nitrogen and oxygen atoms in total. The summed E-state index contributed by atoms with van der Waals surface area (Å²) in [6.07, 6.45) is 9.08. The largest absolute Gasteiger partial charge is 0.493 e. The first-order valence-electron chi connectivity index (χ1n) is 14.6. The van der Waals surface area contributed by atoms with Gasteiger partial charge in [0.2, 0.25) is 0 Å². The number of benzene rings is 4. The van der Waals surface area contributed by atoms with E-state index in [2.05, 4.69) is 10.3 Å². The van der Waals surface area contributed by atoms with Crippen molar-refractivity contribution in [1.29, 1.82) is 0 Å². The van der Waals surface area contributed by atoms with Crippen LogP contribution in [-0.2, 0) is 11.4 Å². The van der Waals surface area contributed by atoms with Crippen molar-refractivity contribution in [3.8, 4) is 11.5 Å². The van der Waals surface area contributed by atoms with E-state index in [4.69, 9.17) is 9.47 Å². The van der Waals surface area contributed by atoms with E-state index in [1.165, 1.54) is 6.08 Å². The summed E-state index contributed by atoms with van der Waals surface area (Å²) in [4.78, 5) is 27.7. The molecule has 1 aliphatic heterocycles. The predicted molar refractivity (Wildman–Crippen MR) is 174 cm³/mol. The third-order valence-corrected chi connectivity index (χ3v) is 7.60. The fraction of sp³-hybridized carbons (Fsp3) is 0.135. The fourth-order valence-corrected chi connectivity index (χ4v) is 5.18. The number of aryl methyl sites for hydroxylation is 1. The Balaban J connectivity index is 1.15. The minimum absolute atomic E-state index is 0.0602. The molecule has 224 valence electrons. The molecule has 0 spiro atoms. The number of rotatable bonds is 11. The zero-order chi connectivity index (χ0) is 31.2. The molecule has 0 bridgehead atoms. The highest BCUT2D eigenvalue weighted by Gasteiger charge is 2.48. The monoisotopic (exact) mass is 596 g/mol. The molecule has 8 heteroatoms. The van der Waals surface area contributed by atoms with Gasteiger partial charge in [0.1, 0.15) is 12.3 Å². The molecule has 4 aromatic carbocycles. The number of carbonyl (C=O) groups is 2. The highest BCUT2D eigenvalue weighted by molar-refractivity contribution is 6.07. The maximum absolute atomic E-state index is 13.5. The Morgan fingerprint density at radius 3 is 2.33 bits per heavy atom. The number of methoxy groups -OCH3 is 1. The molecule has 1 aliphatic rings. The van der Waals surface area contributed by atoms with Crippen LogP contribution in [0.2, 0.25) is 0 Å². The normalized spacial score (nSPS) is 16.2. The quantitative estimate of drug-likeness (QED) is 0.0954. The number of nitrogens with zero attached hydrogens (tertiary/aromatic N) is 4. The molecule has 1 amide bonds. The second-order valence-electron chi connectivity index (χ2n) is 10.7. The Kier molecular flexibility index (Phi) is 8.64. The van der Waals surface area contributed by atoms with Crippen molar-refractivity contribution < 1.29 is 19.1 Å². The summed E-state index contributed by atoms with van der Waals surface area (Å²) in [5.74, 6) is 0.899.